The van der Waals surface area contributed by atoms with Gasteiger partial charge in [-0.05, 0) is 32.1 Å². The van der Waals surface area contributed by atoms with Crippen LogP contribution in [0.15, 0.2) is 35.9 Å². The molecule has 1 saturated carbocycles. The van der Waals surface area contributed by atoms with E-state index in [0.29, 0.717) is 11.5 Å². The van der Waals surface area contributed by atoms with E-state index >= 15 is 0 Å². The van der Waals surface area contributed by atoms with Crippen LogP contribution in [0.3, 0.4) is 0 Å². The van der Waals surface area contributed by atoms with Gasteiger partial charge in [0.1, 0.15) is 0 Å². The van der Waals surface area contributed by atoms with E-state index in [9.17, 15) is 14.4 Å². The van der Waals surface area contributed by atoms with Gasteiger partial charge in [-0.25, -0.2) is 4.79 Å². The van der Waals surface area contributed by atoms with Crippen molar-refractivity contribution < 1.29 is 23.9 Å². The zero-order valence-electron chi connectivity index (χ0n) is 19.3. The summed E-state index contributed by atoms with van der Waals surface area (Å²) in [6, 6.07) is 6.69. The molecule has 0 bridgehead atoms. The van der Waals surface area contributed by atoms with Crippen molar-refractivity contribution in [2.24, 2.45) is 5.92 Å². The first-order valence-corrected chi connectivity index (χ1v) is 12.2. The molecule has 1 aliphatic heterocycles. The molecule has 2 atom stereocenters. The third-order valence-electron chi connectivity index (χ3n) is 7.44. The minimum atomic E-state index is -1.84. The number of ketones is 2. The molecule has 2 aliphatic carbocycles. The summed E-state index contributed by atoms with van der Waals surface area (Å²) >= 11 is 0. The number of hydrogen-bond acceptors (Lipinski definition) is 5. The van der Waals surface area contributed by atoms with Gasteiger partial charge in [-0.1, -0.05) is 81.4 Å². The smallest absolute Gasteiger partial charge is 0.350 e. The fraction of sp³-hybridized carbons (Fsp3) is 0.593. The molecule has 1 aromatic carbocycles. The number of ether oxygens (including phenoxy) is 2. The number of unbranched alkanes of at least 4 members (excludes halogenated alkanes) is 3. The first kappa shape index (κ1) is 22.9. The Bertz CT molecular complexity index is 926. The monoisotopic (exact) mass is 438 g/mol. The van der Waals surface area contributed by atoms with Crippen molar-refractivity contribution in [3.63, 3.8) is 0 Å². The van der Waals surface area contributed by atoms with Crippen molar-refractivity contribution in [2.45, 2.75) is 89.3 Å². The molecule has 0 spiro atoms. The number of carbonyl (C=O) groups is 3. The maximum absolute atomic E-state index is 13.5. The lowest BCUT2D eigenvalue weighted by atomic mass is 9.72. The van der Waals surface area contributed by atoms with Crippen LogP contribution in [0.4, 0.5) is 0 Å². The second-order valence-corrected chi connectivity index (χ2v) is 9.50. The van der Waals surface area contributed by atoms with Crippen LogP contribution in [-0.4, -0.2) is 35.3 Å². The molecule has 1 heterocycles. The third-order valence-corrected chi connectivity index (χ3v) is 7.44. The van der Waals surface area contributed by atoms with Crippen molar-refractivity contribution in [1.82, 2.24) is 0 Å². The number of carbonyl (C=O) groups excluding carboxylic acids is 3. The lowest BCUT2D eigenvalue weighted by Gasteiger charge is -2.25. The topological polar surface area (TPSA) is 73.0 Å². The first-order valence-electron chi connectivity index (χ1n) is 12.2. The number of rotatable bonds is 9. The Labute approximate surface area is 190 Å². The minimum absolute atomic E-state index is 0.221. The summed E-state index contributed by atoms with van der Waals surface area (Å²) in [6.45, 7) is 4.44. The summed E-state index contributed by atoms with van der Waals surface area (Å²) in [5.41, 5.74) is -1.51. The highest BCUT2D eigenvalue weighted by molar-refractivity contribution is 6.32. The van der Waals surface area contributed by atoms with Crippen LogP contribution in [0.1, 0.15) is 98.8 Å². The van der Waals surface area contributed by atoms with Crippen LogP contribution in [0.2, 0.25) is 0 Å². The van der Waals surface area contributed by atoms with Gasteiger partial charge in [0.15, 0.2) is 11.4 Å². The van der Waals surface area contributed by atoms with Gasteiger partial charge >= 0.3 is 5.97 Å². The second kappa shape index (κ2) is 9.30. The molecule has 2 fully saturated rings. The van der Waals surface area contributed by atoms with E-state index < -0.39 is 23.0 Å². The molecule has 172 valence electrons. The summed E-state index contributed by atoms with van der Waals surface area (Å²) in [7, 11) is 0. The van der Waals surface area contributed by atoms with E-state index in [-0.39, 0.29) is 24.4 Å². The quantitative estimate of drug-likeness (QED) is 0.165. The van der Waals surface area contributed by atoms with E-state index in [1.807, 2.05) is 6.08 Å². The molecule has 1 saturated heterocycles. The molecule has 0 amide bonds. The van der Waals surface area contributed by atoms with Gasteiger partial charge in [-0.3, -0.25) is 9.59 Å². The summed E-state index contributed by atoms with van der Waals surface area (Å²) in [5.74, 6) is -0.954. The number of fused-ring (bicyclic) bond motifs is 2. The number of allylic oxidation sites excluding steroid dienone is 1. The molecule has 0 N–H and O–H groups in total. The van der Waals surface area contributed by atoms with Gasteiger partial charge in [0, 0.05) is 17.5 Å². The highest BCUT2D eigenvalue weighted by atomic mass is 16.7. The molecule has 3 aliphatic rings. The van der Waals surface area contributed by atoms with Gasteiger partial charge in [0.05, 0.1) is 6.61 Å². The van der Waals surface area contributed by atoms with Crippen LogP contribution in [-0.2, 0) is 14.3 Å². The lowest BCUT2D eigenvalue weighted by Crippen LogP contribution is -2.50. The zero-order valence-corrected chi connectivity index (χ0v) is 19.3. The number of epoxide rings is 1. The highest BCUT2D eigenvalue weighted by Crippen LogP contribution is 2.58. The Kier molecular flexibility index (Phi) is 6.66. The van der Waals surface area contributed by atoms with Gasteiger partial charge in [0.2, 0.25) is 5.78 Å². The largest absolute Gasteiger partial charge is 0.463 e. The number of hydrogen-bond donors (Lipinski definition) is 0. The Morgan fingerprint density at radius 2 is 1.75 bits per heavy atom. The van der Waals surface area contributed by atoms with Crippen molar-refractivity contribution >= 4 is 17.5 Å². The zero-order chi connectivity index (χ0) is 22.8. The Morgan fingerprint density at radius 3 is 2.44 bits per heavy atom. The highest BCUT2D eigenvalue weighted by Gasteiger charge is 2.85. The van der Waals surface area contributed by atoms with Crippen molar-refractivity contribution in [3.05, 3.63) is 47.0 Å². The first-order chi connectivity index (χ1) is 15.5. The normalized spacial score (nSPS) is 27.6. The number of esters is 1. The van der Waals surface area contributed by atoms with E-state index in [4.69, 9.17) is 9.47 Å². The third kappa shape index (κ3) is 3.75. The molecule has 5 nitrogen and oxygen atoms in total. The molecular weight excluding hydrogens is 404 g/mol. The fourth-order valence-electron chi connectivity index (χ4n) is 5.36. The number of benzene rings is 1. The van der Waals surface area contributed by atoms with Crippen LogP contribution in [0, 0.1) is 5.92 Å². The maximum Gasteiger partial charge on any atom is 0.350 e. The summed E-state index contributed by atoms with van der Waals surface area (Å²) in [6.07, 6.45) is 12.1. The average molecular weight is 439 g/mol. The van der Waals surface area contributed by atoms with E-state index in [0.717, 1.165) is 38.5 Å². The molecule has 0 unspecified atom stereocenters. The van der Waals surface area contributed by atoms with Gasteiger partial charge in [-0.15, -0.1) is 0 Å². The van der Waals surface area contributed by atoms with E-state index in [1.54, 1.807) is 24.3 Å². The lowest BCUT2D eigenvalue weighted by molar-refractivity contribution is -0.148. The van der Waals surface area contributed by atoms with Gasteiger partial charge < -0.3 is 9.47 Å². The van der Waals surface area contributed by atoms with Gasteiger partial charge in [0.25, 0.3) is 5.60 Å². The Balaban J connectivity index is 1.59. The molecule has 5 heteroatoms. The Morgan fingerprint density at radius 1 is 1.06 bits per heavy atom. The molecule has 4 rings (SSSR count). The summed E-state index contributed by atoms with van der Waals surface area (Å²) < 4.78 is 11.4. The second-order valence-electron chi connectivity index (χ2n) is 9.50. The van der Waals surface area contributed by atoms with Gasteiger partial charge in [-0.2, -0.15) is 0 Å². The van der Waals surface area contributed by atoms with Crippen LogP contribution in [0.5, 0.6) is 0 Å². The minimum Gasteiger partial charge on any atom is -0.463 e. The molecular formula is C27H34O5. The van der Waals surface area contributed by atoms with E-state index in [1.165, 1.54) is 24.8 Å². The predicted octanol–water partition coefficient (Wildman–Crippen LogP) is 5.61. The van der Waals surface area contributed by atoms with Crippen molar-refractivity contribution in [3.8, 4) is 0 Å². The predicted molar refractivity (Wildman–Crippen MR) is 122 cm³/mol. The van der Waals surface area contributed by atoms with Crippen molar-refractivity contribution in [2.75, 3.05) is 6.61 Å². The maximum atomic E-state index is 13.5. The fourth-order valence-corrected chi connectivity index (χ4v) is 5.36. The molecule has 1 aromatic rings. The molecule has 0 radical (unpaired) electrons. The SMILES string of the molecule is CCCCCCOC(=O)[C@]12O[C@@]1(CC=C(C)C1CCCCC1)C(=O)c1ccccc1C2=O. The van der Waals surface area contributed by atoms with E-state index in [2.05, 4.69) is 13.8 Å². The molecule has 32 heavy (non-hydrogen) atoms. The summed E-state index contributed by atoms with van der Waals surface area (Å²) in [5, 5.41) is 0. The molecule has 0 aromatic heterocycles. The number of Topliss-reactive ketones (excluding diaryl/α,β-unsaturated/α-hetero) is 2. The standard InChI is InChI=1S/C27H34O5/c1-3-4-5-11-18-31-25(30)27-24(29)22-15-10-9-14-21(22)23(28)26(27,32-27)17-16-19(2)20-12-7-6-8-13-20/h9-10,14-16,20H,3-8,11-13,17-18H2,1-2H3/t26-,27-/m0/s1. The van der Waals surface area contributed by atoms with Crippen LogP contribution < -0.4 is 0 Å². The average Bonchev–Trinajstić information content (AvgIpc) is 3.53. The Hall–Kier alpha value is -2.27. The van der Waals surface area contributed by atoms with Crippen LogP contribution >= 0.6 is 0 Å². The van der Waals surface area contributed by atoms with Crippen molar-refractivity contribution in [1.29, 1.82) is 0 Å². The summed E-state index contributed by atoms with van der Waals surface area (Å²) in [4.78, 5) is 40.2. The van der Waals surface area contributed by atoms with Crippen LogP contribution in [0.25, 0.3) is 0 Å².